The van der Waals surface area contributed by atoms with E-state index >= 15 is 0 Å². The molecule has 0 aliphatic rings. The summed E-state index contributed by atoms with van der Waals surface area (Å²) in [5.41, 5.74) is 4.49. The number of hydrogen-bond acceptors (Lipinski definition) is 4. The van der Waals surface area contributed by atoms with Crippen LogP contribution in [0.5, 0.6) is 0 Å². The molecule has 0 unspecified atom stereocenters. The topological polar surface area (TPSA) is 68.5 Å². The lowest BCUT2D eigenvalue weighted by Crippen LogP contribution is -2.14. The predicted molar refractivity (Wildman–Crippen MR) is 112 cm³/mol. The third kappa shape index (κ3) is 4.07. The molecule has 1 N–H and O–H groups in total. The first-order chi connectivity index (χ1) is 13.5. The standard InChI is InChI=1S/C21H21ClN4O2/c1-4-17-19(20(22)26(2)25-17)21(27)24-18-11-6-5-10-16(18)15-9-7-8-14(12-15)13-23-28-3/h5-13H,4H2,1-3H3,(H,24,27). The quantitative estimate of drug-likeness (QED) is 0.491. The molecule has 3 aromatic rings. The molecule has 3 rings (SSSR count). The summed E-state index contributed by atoms with van der Waals surface area (Å²) in [7, 11) is 3.22. The van der Waals surface area contributed by atoms with E-state index in [0.717, 1.165) is 16.7 Å². The van der Waals surface area contributed by atoms with Gasteiger partial charge in [-0.3, -0.25) is 9.48 Å². The van der Waals surface area contributed by atoms with Crippen LogP contribution in [0.25, 0.3) is 11.1 Å². The van der Waals surface area contributed by atoms with Crippen LogP contribution in [0.2, 0.25) is 5.15 Å². The van der Waals surface area contributed by atoms with Crippen molar-refractivity contribution >= 4 is 29.4 Å². The number of halogens is 1. The van der Waals surface area contributed by atoms with Gasteiger partial charge in [0.05, 0.1) is 17.5 Å². The van der Waals surface area contributed by atoms with E-state index in [0.29, 0.717) is 28.5 Å². The zero-order valence-corrected chi connectivity index (χ0v) is 16.7. The number of nitrogens with zero attached hydrogens (tertiary/aromatic N) is 3. The molecule has 0 radical (unpaired) electrons. The van der Waals surface area contributed by atoms with Crippen molar-refractivity contribution in [2.75, 3.05) is 12.4 Å². The number of nitrogens with one attached hydrogen (secondary N) is 1. The maximum atomic E-state index is 12.9. The Morgan fingerprint density at radius 2 is 2.07 bits per heavy atom. The first-order valence-corrected chi connectivity index (χ1v) is 9.21. The average Bonchev–Trinajstić information content (AvgIpc) is 3.01. The molecule has 0 spiro atoms. The van der Waals surface area contributed by atoms with E-state index in [9.17, 15) is 4.79 Å². The molecule has 0 fully saturated rings. The van der Waals surface area contributed by atoms with Crippen molar-refractivity contribution in [2.24, 2.45) is 12.2 Å². The zero-order valence-electron chi connectivity index (χ0n) is 15.9. The highest BCUT2D eigenvalue weighted by molar-refractivity contribution is 6.33. The van der Waals surface area contributed by atoms with Crippen LogP contribution in [0, 0.1) is 0 Å². The SMILES string of the molecule is CCc1nn(C)c(Cl)c1C(=O)Nc1ccccc1-c1cccc(C=NOC)c1. The first kappa shape index (κ1) is 19.6. The lowest BCUT2D eigenvalue weighted by Gasteiger charge is -2.12. The monoisotopic (exact) mass is 396 g/mol. The maximum absolute atomic E-state index is 12.9. The predicted octanol–water partition coefficient (Wildman–Crippen LogP) is 4.54. The summed E-state index contributed by atoms with van der Waals surface area (Å²) in [4.78, 5) is 17.7. The third-order valence-corrected chi connectivity index (χ3v) is 4.73. The number of hydrogen-bond donors (Lipinski definition) is 1. The fourth-order valence-corrected chi connectivity index (χ4v) is 3.19. The van der Waals surface area contributed by atoms with Crippen molar-refractivity contribution in [3.63, 3.8) is 0 Å². The van der Waals surface area contributed by atoms with E-state index in [2.05, 4.69) is 15.6 Å². The molecule has 0 aliphatic heterocycles. The highest BCUT2D eigenvalue weighted by Gasteiger charge is 2.21. The van der Waals surface area contributed by atoms with Gasteiger partial charge in [0, 0.05) is 18.3 Å². The number of aromatic nitrogens is 2. The molecule has 0 saturated carbocycles. The van der Waals surface area contributed by atoms with Crippen LogP contribution < -0.4 is 5.32 Å². The Bertz CT molecular complexity index is 1030. The van der Waals surface area contributed by atoms with E-state index in [-0.39, 0.29) is 5.91 Å². The van der Waals surface area contributed by atoms with Gasteiger partial charge in [-0.05, 0) is 29.7 Å². The largest absolute Gasteiger partial charge is 0.399 e. The van der Waals surface area contributed by atoms with Crippen molar-refractivity contribution in [2.45, 2.75) is 13.3 Å². The van der Waals surface area contributed by atoms with Crippen molar-refractivity contribution in [1.29, 1.82) is 0 Å². The van der Waals surface area contributed by atoms with Gasteiger partial charge in [-0.1, -0.05) is 60.1 Å². The molecule has 7 heteroatoms. The Kier molecular flexibility index (Phi) is 6.11. The van der Waals surface area contributed by atoms with E-state index in [1.54, 1.807) is 13.3 Å². The van der Waals surface area contributed by atoms with Gasteiger partial charge in [-0.2, -0.15) is 5.10 Å². The van der Waals surface area contributed by atoms with E-state index in [4.69, 9.17) is 16.4 Å². The Morgan fingerprint density at radius 3 is 2.82 bits per heavy atom. The number of carbonyl (C=O) groups excluding carboxylic acids is 1. The van der Waals surface area contributed by atoms with Crippen LogP contribution in [0.15, 0.2) is 53.7 Å². The molecule has 0 bridgehead atoms. The highest BCUT2D eigenvalue weighted by Crippen LogP contribution is 2.30. The smallest absolute Gasteiger partial charge is 0.260 e. The molecular formula is C21H21ClN4O2. The first-order valence-electron chi connectivity index (χ1n) is 8.83. The molecular weight excluding hydrogens is 376 g/mol. The normalized spacial score (nSPS) is 11.0. The molecule has 1 heterocycles. The number of benzene rings is 2. The van der Waals surface area contributed by atoms with E-state index in [1.165, 1.54) is 11.8 Å². The summed E-state index contributed by atoms with van der Waals surface area (Å²) in [6.07, 6.45) is 2.25. The summed E-state index contributed by atoms with van der Waals surface area (Å²) in [5.74, 6) is -0.278. The number of para-hydroxylation sites is 1. The van der Waals surface area contributed by atoms with Gasteiger partial charge >= 0.3 is 0 Å². The van der Waals surface area contributed by atoms with Crippen LogP contribution in [-0.4, -0.2) is 29.0 Å². The molecule has 28 heavy (non-hydrogen) atoms. The Labute approximate surface area is 168 Å². The fraction of sp³-hybridized carbons (Fsp3) is 0.190. The summed E-state index contributed by atoms with van der Waals surface area (Å²) < 4.78 is 1.51. The second kappa shape index (κ2) is 8.71. The maximum Gasteiger partial charge on any atom is 0.260 e. The minimum Gasteiger partial charge on any atom is -0.399 e. The second-order valence-electron chi connectivity index (χ2n) is 6.13. The molecule has 1 amide bonds. The van der Waals surface area contributed by atoms with Gasteiger partial charge in [-0.25, -0.2) is 0 Å². The number of amides is 1. The molecule has 1 aromatic heterocycles. The van der Waals surface area contributed by atoms with Gasteiger partial charge in [-0.15, -0.1) is 0 Å². The Balaban J connectivity index is 1.96. The van der Waals surface area contributed by atoms with E-state index in [1.807, 2.05) is 55.5 Å². The van der Waals surface area contributed by atoms with Gasteiger partial charge in [0.15, 0.2) is 0 Å². The number of carbonyl (C=O) groups is 1. The van der Waals surface area contributed by atoms with Crippen molar-refractivity contribution in [3.8, 4) is 11.1 Å². The Morgan fingerprint density at radius 1 is 1.29 bits per heavy atom. The number of aryl methyl sites for hydroxylation is 2. The second-order valence-corrected chi connectivity index (χ2v) is 6.49. The van der Waals surface area contributed by atoms with Crippen LogP contribution >= 0.6 is 11.6 Å². The summed E-state index contributed by atoms with van der Waals surface area (Å²) in [5, 5.41) is 11.4. The van der Waals surface area contributed by atoms with Crippen LogP contribution in [0.4, 0.5) is 5.69 Å². The molecule has 0 atom stereocenters. The van der Waals surface area contributed by atoms with Crippen LogP contribution in [-0.2, 0) is 18.3 Å². The van der Waals surface area contributed by atoms with Crippen LogP contribution in [0.3, 0.4) is 0 Å². The van der Waals surface area contributed by atoms with Crippen LogP contribution in [0.1, 0.15) is 28.5 Å². The summed E-state index contributed by atoms with van der Waals surface area (Å²) in [6, 6.07) is 15.4. The lowest BCUT2D eigenvalue weighted by atomic mass is 10.0. The zero-order chi connectivity index (χ0) is 20.1. The lowest BCUT2D eigenvalue weighted by molar-refractivity contribution is 0.102. The fourth-order valence-electron chi connectivity index (χ4n) is 2.96. The minimum atomic E-state index is -0.278. The molecule has 0 saturated heterocycles. The number of anilines is 1. The van der Waals surface area contributed by atoms with E-state index < -0.39 is 0 Å². The average molecular weight is 397 g/mol. The van der Waals surface area contributed by atoms with Gasteiger partial charge in [0.2, 0.25) is 0 Å². The number of oxime groups is 1. The molecule has 144 valence electrons. The summed E-state index contributed by atoms with van der Waals surface area (Å²) >= 11 is 6.29. The van der Waals surface area contributed by atoms with Gasteiger partial charge in [0.25, 0.3) is 5.91 Å². The van der Waals surface area contributed by atoms with Crippen molar-refractivity contribution < 1.29 is 9.63 Å². The molecule has 6 nitrogen and oxygen atoms in total. The van der Waals surface area contributed by atoms with Crippen molar-refractivity contribution in [1.82, 2.24) is 9.78 Å². The van der Waals surface area contributed by atoms with Gasteiger partial charge < -0.3 is 10.2 Å². The third-order valence-electron chi connectivity index (χ3n) is 4.29. The Hall–Kier alpha value is -3.12. The van der Waals surface area contributed by atoms with Crippen molar-refractivity contribution in [3.05, 3.63) is 70.5 Å². The summed E-state index contributed by atoms with van der Waals surface area (Å²) in [6.45, 7) is 1.94. The highest BCUT2D eigenvalue weighted by atomic mass is 35.5. The molecule has 0 aliphatic carbocycles. The van der Waals surface area contributed by atoms with Gasteiger partial charge in [0.1, 0.15) is 12.3 Å². The molecule has 2 aromatic carbocycles. The number of rotatable bonds is 6. The minimum absolute atomic E-state index is 0.278.